The summed E-state index contributed by atoms with van der Waals surface area (Å²) in [4.78, 5) is 24.4. The third-order valence-corrected chi connectivity index (χ3v) is 7.22. The molecule has 0 amide bonds. The van der Waals surface area contributed by atoms with Gasteiger partial charge in [0, 0.05) is 23.2 Å². The summed E-state index contributed by atoms with van der Waals surface area (Å²) in [5, 5.41) is 0.507. The number of nitrogens with zero attached hydrogens (tertiary/aromatic N) is 1. The first-order chi connectivity index (χ1) is 13.8. The predicted molar refractivity (Wildman–Crippen MR) is 110 cm³/mol. The standard InChI is InChI=1S/C21H22ClNO5S/c1-15-4-2-3-13-23(15)29(26,27)19-11-7-17(8-12-19)21(25)28-14-20(24)16-5-9-18(22)10-6-16/h5-12,15H,2-4,13-14H2,1H3/t15-/m0/s1. The van der Waals surface area contributed by atoms with Crippen LogP contribution < -0.4 is 0 Å². The molecule has 1 atom stereocenters. The van der Waals surface area contributed by atoms with E-state index in [1.54, 1.807) is 24.3 Å². The van der Waals surface area contributed by atoms with Gasteiger partial charge in [0.2, 0.25) is 10.0 Å². The third-order valence-electron chi connectivity index (χ3n) is 4.94. The quantitative estimate of drug-likeness (QED) is 0.507. The number of Topliss-reactive ketones (excluding diaryl/α,β-unsaturated/α-hetero) is 1. The number of esters is 1. The van der Waals surface area contributed by atoms with E-state index in [4.69, 9.17) is 16.3 Å². The molecule has 8 heteroatoms. The Morgan fingerprint density at radius 2 is 1.66 bits per heavy atom. The van der Waals surface area contributed by atoms with Crippen LogP contribution in [0.1, 0.15) is 46.9 Å². The van der Waals surface area contributed by atoms with Gasteiger partial charge in [-0.25, -0.2) is 13.2 Å². The van der Waals surface area contributed by atoms with Crippen LogP contribution in [0.25, 0.3) is 0 Å². The molecule has 3 rings (SSSR count). The number of rotatable bonds is 6. The predicted octanol–water partition coefficient (Wildman–Crippen LogP) is 3.94. The van der Waals surface area contributed by atoms with Gasteiger partial charge >= 0.3 is 5.97 Å². The van der Waals surface area contributed by atoms with Crippen LogP contribution in [-0.4, -0.2) is 43.7 Å². The molecule has 1 aliphatic heterocycles. The van der Waals surface area contributed by atoms with Crippen LogP contribution in [0.4, 0.5) is 0 Å². The van der Waals surface area contributed by atoms with E-state index in [1.165, 1.54) is 28.6 Å². The Labute approximate surface area is 175 Å². The molecule has 1 saturated heterocycles. The van der Waals surface area contributed by atoms with Gasteiger partial charge in [0.15, 0.2) is 12.4 Å². The number of hydrogen-bond acceptors (Lipinski definition) is 5. The molecule has 0 saturated carbocycles. The first kappa shape index (κ1) is 21.5. The molecule has 154 valence electrons. The van der Waals surface area contributed by atoms with Gasteiger partial charge in [-0.2, -0.15) is 4.31 Å². The van der Waals surface area contributed by atoms with Gasteiger partial charge in [0.1, 0.15) is 0 Å². The van der Waals surface area contributed by atoms with Gasteiger partial charge in [-0.15, -0.1) is 0 Å². The molecule has 0 N–H and O–H groups in total. The Balaban J connectivity index is 1.64. The fourth-order valence-corrected chi connectivity index (χ4v) is 5.09. The highest BCUT2D eigenvalue weighted by Gasteiger charge is 2.31. The maximum atomic E-state index is 12.8. The lowest BCUT2D eigenvalue weighted by atomic mass is 10.1. The summed E-state index contributed by atoms with van der Waals surface area (Å²) in [6.45, 7) is 1.99. The zero-order valence-electron chi connectivity index (χ0n) is 16.0. The molecule has 2 aromatic rings. The van der Waals surface area contributed by atoms with E-state index in [9.17, 15) is 18.0 Å². The lowest BCUT2D eigenvalue weighted by Crippen LogP contribution is -2.41. The van der Waals surface area contributed by atoms with Crippen LogP contribution in [0.3, 0.4) is 0 Å². The summed E-state index contributed by atoms with van der Waals surface area (Å²) >= 11 is 5.78. The smallest absolute Gasteiger partial charge is 0.338 e. The van der Waals surface area contributed by atoms with Crippen LogP contribution in [0.2, 0.25) is 5.02 Å². The monoisotopic (exact) mass is 435 g/mol. The minimum absolute atomic E-state index is 0.0442. The Morgan fingerprint density at radius 3 is 2.28 bits per heavy atom. The van der Waals surface area contributed by atoms with Crippen molar-refractivity contribution >= 4 is 33.4 Å². The second kappa shape index (κ2) is 9.07. The molecule has 29 heavy (non-hydrogen) atoms. The Bertz CT molecular complexity index is 987. The van der Waals surface area contributed by atoms with E-state index < -0.39 is 22.6 Å². The average molecular weight is 436 g/mol. The van der Waals surface area contributed by atoms with Crippen molar-refractivity contribution in [2.24, 2.45) is 0 Å². The lowest BCUT2D eigenvalue weighted by molar-refractivity contribution is 0.0474. The molecular formula is C21H22ClNO5S. The molecule has 2 aromatic carbocycles. The molecule has 1 aliphatic rings. The zero-order valence-corrected chi connectivity index (χ0v) is 17.6. The Morgan fingerprint density at radius 1 is 1.03 bits per heavy atom. The number of hydrogen-bond donors (Lipinski definition) is 0. The molecule has 1 heterocycles. The summed E-state index contributed by atoms with van der Waals surface area (Å²) in [5.74, 6) is -1.05. The van der Waals surface area contributed by atoms with Gasteiger partial charge in [0.05, 0.1) is 10.5 Å². The van der Waals surface area contributed by atoms with E-state index in [0.29, 0.717) is 17.1 Å². The topological polar surface area (TPSA) is 80.8 Å². The number of piperidine rings is 1. The molecule has 0 aromatic heterocycles. The largest absolute Gasteiger partial charge is 0.454 e. The number of ketones is 1. The van der Waals surface area contributed by atoms with Crippen molar-refractivity contribution in [3.05, 3.63) is 64.7 Å². The van der Waals surface area contributed by atoms with Crippen LogP contribution in [-0.2, 0) is 14.8 Å². The highest BCUT2D eigenvalue weighted by Crippen LogP contribution is 2.25. The van der Waals surface area contributed by atoms with E-state index in [2.05, 4.69) is 0 Å². The number of halogens is 1. The summed E-state index contributed by atoms with van der Waals surface area (Å²) in [7, 11) is -3.60. The average Bonchev–Trinajstić information content (AvgIpc) is 2.72. The lowest BCUT2D eigenvalue weighted by Gasteiger charge is -2.32. The highest BCUT2D eigenvalue weighted by atomic mass is 35.5. The van der Waals surface area contributed by atoms with E-state index >= 15 is 0 Å². The third kappa shape index (κ3) is 5.04. The Kier molecular flexibility index (Phi) is 6.72. The minimum atomic E-state index is -3.60. The molecule has 6 nitrogen and oxygen atoms in total. The summed E-state index contributed by atoms with van der Waals surface area (Å²) < 4.78 is 32.2. The summed E-state index contributed by atoms with van der Waals surface area (Å²) in [5.41, 5.74) is 0.568. The van der Waals surface area contributed by atoms with Crippen molar-refractivity contribution in [3.63, 3.8) is 0 Å². The first-order valence-electron chi connectivity index (χ1n) is 9.37. The fraction of sp³-hybridized carbons (Fsp3) is 0.333. The maximum absolute atomic E-state index is 12.8. The van der Waals surface area contributed by atoms with Crippen LogP contribution in [0.5, 0.6) is 0 Å². The van der Waals surface area contributed by atoms with Crippen LogP contribution in [0.15, 0.2) is 53.4 Å². The van der Waals surface area contributed by atoms with Crippen molar-refractivity contribution in [1.82, 2.24) is 4.31 Å². The summed E-state index contributed by atoms with van der Waals surface area (Å²) in [6, 6.07) is 11.8. The van der Waals surface area contributed by atoms with E-state index in [-0.39, 0.29) is 22.3 Å². The van der Waals surface area contributed by atoms with Gasteiger partial charge in [-0.1, -0.05) is 18.0 Å². The number of benzene rings is 2. The number of sulfonamides is 1. The molecule has 1 fully saturated rings. The molecule has 0 spiro atoms. The number of carbonyl (C=O) groups is 2. The van der Waals surface area contributed by atoms with Crippen LogP contribution >= 0.6 is 11.6 Å². The van der Waals surface area contributed by atoms with E-state index in [0.717, 1.165) is 19.3 Å². The first-order valence-corrected chi connectivity index (χ1v) is 11.2. The SMILES string of the molecule is C[C@H]1CCCCN1S(=O)(=O)c1ccc(C(=O)OCC(=O)c2ccc(Cl)cc2)cc1. The number of ether oxygens (including phenoxy) is 1. The van der Waals surface area contributed by atoms with Gasteiger partial charge < -0.3 is 4.74 Å². The van der Waals surface area contributed by atoms with Gasteiger partial charge in [-0.05, 0) is 68.3 Å². The minimum Gasteiger partial charge on any atom is -0.454 e. The summed E-state index contributed by atoms with van der Waals surface area (Å²) in [6.07, 6.45) is 2.70. The number of carbonyl (C=O) groups excluding carboxylic acids is 2. The highest BCUT2D eigenvalue weighted by molar-refractivity contribution is 7.89. The van der Waals surface area contributed by atoms with Gasteiger partial charge in [0.25, 0.3) is 0 Å². The van der Waals surface area contributed by atoms with Crippen molar-refractivity contribution in [2.75, 3.05) is 13.2 Å². The second-order valence-corrected chi connectivity index (χ2v) is 9.32. The van der Waals surface area contributed by atoms with Crippen molar-refractivity contribution in [3.8, 4) is 0 Å². The van der Waals surface area contributed by atoms with Crippen molar-refractivity contribution in [2.45, 2.75) is 37.1 Å². The van der Waals surface area contributed by atoms with Gasteiger partial charge in [-0.3, -0.25) is 4.79 Å². The molecule has 0 radical (unpaired) electrons. The fourth-order valence-electron chi connectivity index (χ4n) is 3.26. The Hall–Kier alpha value is -2.22. The molecule has 0 aliphatic carbocycles. The normalized spacial score (nSPS) is 17.7. The van der Waals surface area contributed by atoms with E-state index in [1.807, 2.05) is 6.92 Å². The van der Waals surface area contributed by atoms with Crippen molar-refractivity contribution in [1.29, 1.82) is 0 Å². The molecular weight excluding hydrogens is 414 g/mol. The van der Waals surface area contributed by atoms with Crippen LogP contribution in [0, 0.1) is 0 Å². The molecule has 0 bridgehead atoms. The zero-order chi connectivity index (χ0) is 21.0. The second-order valence-electron chi connectivity index (χ2n) is 6.99. The van der Waals surface area contributed by atoms with Crippen molar-refractivity contribution < 1.29 is 22.7 Å². The maximum Gasteiger partial charge on any atom is 0.338 e. The molecule has 0 unspecified atom stereocenters.